The minimum Gasteiger partial charge on any atom is -0.494 e. The predicted octanol–water partition coefficient (Wildman–Crippen LogP) is 5.86. The average molecular weight is 551 g/mol. The number of rotatable bonds is 6. The Labute approximate surface area is 216 Å². The van der Waals surface area contributed by atoms with E-state index in [2.05, 4.69) is 39.4 Å². The summed E-state index contributed by atoms with van der Waals surface area (Å²) in [5.74, 6) is -1.93. The fraction of sp³-hybridized carbons (Fsp3) is 0.179. The van der Waals surface area contributed by atoms with Gasteiger partial charge in [0.25, 0.3) is 11.8 Å². The van der Waals surface area contributed by atoms with Crippen molar-refractivity contribution in [1.29, 1.82) is 0 Å². The molecule has 3 aromatic rings. The van der Waals surface area contributed by atoms with Gasteiger partial charge < -0.3 is 4.74 Å². The molecule has 0 aromatic heterocycles. The van der Waals surface area contributed by atoms with Crippen LogP contribution in [0.15, 0.2) is 64.6 Å². The van der Waals surface area contributed by atoms with E-state index in [4.69, 9.17) is 4.74 Å². The summed E-state index contributed by atoms with van der Waals surface area (Å²) in [5, 5.41) is 2.11. The van der Waals surface area contributed by atoms with Crippen LogP contribution in [0.3, 0.4) is 0 Å². The third-order valence-corrected chi connectivity index (χ3v) is 6.35. The van der Waals surface area contributed by atoms with Gasteiger partial charge in [-0.2, -0.15) is 0 Å². The van der Waals surface area contributed by atoms with Gasteiger partial charge in [0, 0.05) is 16.5 Å². The molecule has 184 valence electrons. The van der Waals surface area contributed by atoms with Gasteiger partial charge >= 0.3 is 6.03 Å². The largest absolute Gasteiger partial charge is 0.494 e. The van der Waals surface area contributed by atoms with Crippen LogP contribution in [0.25, 0.3) is 6.08 Å². The first kappa shape index (κ1) is 25.3. The van der Waals surface area contributed by atoms with E-state index in [1.165, 1.54) is 24.3 Å². The number of barbiturate groups is 1. The van der Waals surface area contributed by atoms with Crippen LogP contribution in [0.1, 0.15) is 34.7 Å². The molecule has 4 rings (SSSR count). The number of nitrogens with one attached hydrogen (secondary N) is 1. The first-order valence-corrected chi connectivity index (χ1v) is 12.2. The summed E-state index contributed by atoms with van der Waals surface area (Å²) < 4.78 is 21.0. The lowest BCUT2D eigenvalue weighted by atomic mass is 9.98. The molecule has 4 amide bonds. The molecule has 36 heavy (non-hydrogen) atoms. The maximum absolute atomic E-state index is 14.3. The molecule has 0 saturated carbocycles. The van der Waals surface area contributed by atoms with Gasteiger partial charge in [-0.1, -0.05) is 57.4 Å². The summed E-state index contributed by atoms with van der Waals surface area (Å²) in [7, 11) is 0. The van der Waals surface area contributed by atoms with Gasteiger partial charge in [-0.25, -0.2) is 14.1 Å². The number of aryl methyl sites for hydroxylation is 2. The number of imide groups is 2. The molecule has 1 N–H and O–H groups in total. The number of carbonyl (C=O) groups is 3. The summed E-state index contributed by atoms with van der Waals surface area (Å²) in [6, 6.07) is 14.2. The Morgan fingerprint density at radius 2 is 1.72 bits per heavy atom. The molecule has 0 unspecified atom stereocenters. The minimum absolute atomic E-state index is 0.238. The van der Waals surface area contributed by atoms with E-state index >= 15 is 0 Å². The molecular formula is C28H24BrFN2O4. The molecule has 0 spiro atoms. The fourth-order valence-electron chi connectivity index (χ4n) is 4.22. The van der Waals surface area contributed by atoms with E-state index in [-0.39, 0.29) is 11.3 Å². The first-order valence-electron chi connectivity index (χ1n) is 11.4. The number of urea groups is 1. The Morgan fingerprint density at radius 3 is 2.39 bits per heavy atom. The fourth-order valence-corrected chi connectivity index (χ4v) is 4.82. The molecular weight excluding hydrogens is 527 g/mol. The van der Waals surface area contributed by atoms with Crippen molar-refractivity contribution in [3.8, 4) is 5.75 Å². The Kier molecular flexibility index (Phi) is 7.35. The Morgan fingerprint density at radius 1 is 1.03 bits per heavy atom. The Bertz CT molecular complexity index is 1400. The topological polar surface area (TPSA) is 75.7 Å². The second-order valence-corrected chi connectivity index (χ2v) is 9.35. The lowest BCUT2D eigenvalue weighted by Gasteiger charge is -2.26. The van der Waals surface area contributed by atoms with Gasteiger partial charge in [0.05, 0.1) is 12.3 Å². The minimum atomic E-state index is -1.01. The summed E-state index contributed by atoms with van der Waals surface area (Å²) in [5.41, 5.74) is 4.35. The number of hydrogen-bond donors (Lipinski definition) is 1. The zero-order chi connectivity index (χ0) is 26.0. The van der Waals surface area contributed by atoms with E-state index in [9.17, 15) is 18.8 Å². The van der Waals surface area contributed by atoms with E-state index in [0.717, 1.165) is 32.8 Å². The Balaban J connectivity index is 1.74. The van der Waals surface area contributed by atoms with E-state index < -0.39 is 23.7 Å². The first-order chi connectivity index (χ1) is 17.2. The van der Waals surface area contributed by atoms with Crippen LogP contribution >= 0.6 is 15.9 Å². The number of carbonyl (C=O) groups excluding carboxylic acids is 3. The molecule has 1 saturated heterocycles. The van der Waals surface area contributed by atoms with Crippen molar-refractivity contribution in [1.82, 2.24) is 5.32 Å². The van der Waals surface area contributed by atoms with Crippen LogP contribution in [-0.2, 0) is 16.0 Å². The van der Waals surface area contributed by atoms with Gasteiger partial charge in [0.15, 0.2) is 0 Å². The number of halogens is 2. The highest BCUT2D eigenvalue weighted by Crippen LogP contribution is 2.33. The molecule has 1 aliphatic rings. The quantitative estimate of drug-likeness (QED) is 0.308. The monoisotopic (exact) mass is 550 g/mol. The highest BCUT2D eigenvalue weighted by Gasteiger charge is 2.38. The number of amides is 4. The molecule has 3 aromatic carbocycles. The number of benzene rings is 3. The lowest BCUT2D eigenvalue weighted by molar-refractivity contribution is -0.122. The van der Waals surface area contributed by atoms with Gasteiger partial charge in [-0.3, -0.25) is 14.9 Å². The summed E-state index contributed by atoms with van der Waals surface area (Å²) in [6.07, 6.45) is 1.98. The number of nitrogens with zero attached hydrogens (tertiary/aromatic N) is 1. The van der Waals surface area contributed by atoms with Crippen molar-refractivity contribution in [2.24, 2.45) is 0 Å². The summed E-state index contributed by atoms with van der Waals surface area (Å²) in [4.78, 5) is 38.7. The molecule has 1 aliphatic heterocycles. The van der Waals surface area contributed by atoms with Crippen LogP contribution in [0, 0.1) is 19.7 Å². The smallest absolute Gasteiger partial charge is 0.336 e. The maximum atomic E-state index is 14.3. The molecule has 1 fully saturated rings. The molecule has 8 heteroatoms. The molecule has 0 radical (unpaired) electrons. The second kappa shape index (κ2) is 10.5. The van der Waals surface area contributed by atoms with Crippen LogP contribution in [0.5, 0.6) is 5.75 Å². The van der Waals surface area contributed by atoms with Gasteiger partial charge in [0.2, 0.25) is 0 Å². The third kappa shape index (κ3) is 5.23. The Hall–Kier alpha value is -3.78. The zero-order valence-electron chi connectivity index (χ0n) is 20.0. The number of hydrogen-bond acceptors (Lipinski definition) is 4. The molecule has 1 heterocycles. The van der Waals surface area contributed by atoms with Crippen molar-refractivity contribution in [3.63, 3.8) is 0 Å². The summed E-state index contributed by atoms with van der Waals surface area (Å²) in [6.45, 7) is 6.38. The second-order valence-electron chi connectivity index (χ2n) is 8.49. The van der Waals surface area contributed by atoms with Crippen LogP contribution in [-0.4, -0.2) is 24.5 Å². The van der Waals surface area contributed by atoms with Crippen molar-refractivity contribution in [3.05, 3.63) is 98.3 Å². The van der Waals surface area contributed by atoms with Crippen molar-refractivity contribution >= 4 is 45.5 Å². The highest BCUT2D eigenvalue weighted by molar-refractivity contribution is 9.10. The van der Waals surface area contributed by atoms with Gasteiger partial charge in [-0.05, 0) is 62.2 Å². The molecule has 0 atom stereocenters. The van der Waals surface area contributed by atoms with Crippen molar-refractivity contribution in [2.45, 2.75) is 27.2 Å². The lowest BCUT2D eigenvalue weighted by Crippen LogP contribution is -2.54. The van der Waals surface area contributed by atoms with Gasteiger partial charge in [0.1, 0.15) is 17.1 Å². The van der Waals surface area contributed by atoms with E-state index in [1.54, 1.807) is 12.1 Å². The normalized spacial score (nSPS) is 14.9. The zero-order valence-corrected chi connectivity index (χ0v) is 21.6. The van der Waals surface area contributed by atoms with Crippen LogP contribution < -0.4 is 15.0 Å². The van der Waals surface area contributed by atoms with Crippen molar-refractivity contribution in [2.75, 3.05) is 11.5 Å². The maximum Gasteiger partial charge on any atom is 0.336 e. The average Bonchev–Trinajstić information content (AvgIpc) is 2.79. The van der Waals surface area contributed by atoms with Gasteiger partial charge in [-0.15, -0.1) is 0 Å². The predicted molar refractivity (Wildman–Crippen MR) is 139 cm³/mol. The standard InChI is InChI=1S/C28H24BrFN2O4/c1-4-36-25-15-19(14-22(29)20(25)12-18-10-16(2)9-17(3)11-18)13-21-26(33)31-28(35)32(27(21)34)24-8-6-5-7-23(24)30/h5-11,13-15H,4,12H2,1-3H3,(H,31,33,35)/b21-13-. The molecule has 6 nitrogen and oxygen atoms in total. The number of anilines is 1. The molecule has 0 aliphatic carbocycles. The third-order valence-electron chi connectivity index (χ3n) is 5.65. The van der Waals surface area contributed by atoms with Crippen LogP contribution in [0.4, 0.5) is 14.9 Å². The number of ether oxygens (including phenoxy) is 1. The molecule has 0 bridgehead atoms. The van der Waals surface area contributed by atoms with E-state index in [0.29, 0.717) is 29.2 Å². The number of para-hydroxylation sites is 1. The highest BCUT2D eigenvalue weighted by atomic mass is 79.9. The van der Waals surface area contributed by atoms with Crippen LogP contribution in [0.2, 0.25) is 0 Å². The van der Waals surface area contributed by atoms with Crippen molar-refractivity contribution < 1.29 is 23.5 Å². The SMILES string of the molecule is CCOc1cc(/C=C2/C(=O)NC(=O)N(c3ccccc3F)C2=O)cc(Br)c1Cc1cc(C)cc(C)c1. The van der Waals surface area contributed by atoms with E-state index in [1.807, 2.05) is 20.8 Å². The summed E-state index contributed by atoms with van der Waals surface area (Å²) >= 11 is 3.62.